The lowest BCUT2D eigenvalue weighted by molar-refractivity contribution is 0.0696. The van der Waals surface area contributed by atoms with Gasteiger partial charge in [0.1, 0.15) is 5.67 Å². The molecule has 0 radical (unpaired) electrons. The average molecular weight is 208 g/mol. The molecule has 0 amide bonds. The third-order valence-corrected chi connectivity index (χ3v) is 2.93. The summed E-state index contributed by atoms with van der Waals surface area (Å²) >= 11 is 0. The molecule has 3 heteroatoms. The van der Waals surface area contributed by atoms with Gasteiger partial charge in [-0.2, -0.15) is 0 Å². The van der Waals surface area contributed by atoms with E-state index in [2.05, 4.69) is 0 Å². The molecule has 1 atom stereocenters. The van der Waals surface area contributed by atoms with Gasteiger partial charge in [-0.3, -0.25) is 0 Å². The molecule has 80 valence electrons. The number of carbonyl (C=O) groups is 1. The van der Waals surface area contributed by atoms with Gasteiger partial charge in [0.25, 0.3) is 0 Å². The van der Waals surface area contributed by atoms with Gasteiger partial charge in [-0.05, 0) is 43.0 Å². The molecular formula is C12H13FO2. The summed E-state index contributed by atoms with van der Waals surface area (Å²) in [5, 5.41) is 8.82. The second-order valence-electron chi connectivity index (χ2n) is 4.38. The molecule has 0 heterocycles. The molecule has 0 aromatic heterocycles. The first-order valence-electron chi connectivity index (χ1n) is 5.02. The van der Waals surface area contributed by atoms with E-state index in [1.165, 1.54) is 0 Å². The molecule has 15 heavy (non-hydrogen) atoms. The van der Waals surface area contributed by atoms with Crippen molar-refractivity contribution in [1.29, 1.82) is 0 Å². The van der Waals surface area contributed by atoms with E-state index in [9.17, 15) is 9.18 Å². The van der Waals surface area contributed by atoms with Crippen LogP contribution in [-0.2, 0) is 12.8 Å². The van der Waals surface area contributed by atoms with Crippen LogP contribution in [0.15, 0.2) is 18.2 Å². The Bertz CT molecular complexity index is 410. The van der Waals surface area contributed by atoms with Crippen LogP contribution >= 0.6 is 0 Å². The molecule has 1 aliphatic rings. The summed E-state index contributed by atoms with van der Waals surface area (Å²) in [5.74, 6) is -0.955. The van der Waals surface area contributed by atoms with Crippen LogP contribution in [0.1, 0.15) is 34.8 Å². The van der Waals surface area contributed by atoms with Crippen molar-refractivity contribution in [3.63, 3.8) is 0 Å². The predicted molar refractivity (Wildman–Crippen MR) is 54.9 cm³/mol. The van der Waals surface area contributed by atoms with Gasteiger partial charge in [0.2, 0.25) is 0 Å². The van der Waals surface area contributed by atoms with Crippen LogP contribution in [0.5, 0.6) is 0 Å². The number of carboxylic acid groups (broad SMARTS) is 1. The molecule has 0 aliphatic heterocycles. The molecule has 0 saturated carbocycles. The normalized spacial score (nSPS) is 24.7. The van der Waals surface area contributed by atoms with Crippen LogP contribution < -0.4 is 0 Å². The predicted octanol–water partition coefficient (Wildman–Crippen LogP) is 2.60. The summed E-state index contributed by atoms with van der Waals surface area (Å²) in [6.07, 6.45) is 1.54. The Kier molecular flexibility index (Phi) is 2.25. The van der Waals surface area contributed by atoms with Gasteiger partial charge in [0, 0.05) is 6.42 Å². The number of rotatable bonds is 1. The van der Waals surface area contributed by atoms with Crippen LogP contribution in [0.2, 0.25) is 0 Å². The van der Waals surface area contributed by atoms with Crippen molar-refractivity contribution < 1.29 is 14.3 Å². The lowest BCUT2D eigenvalue weighted by Gasteiger charge is -2.27. The second kappa shape index (κ2) is 3.33. The molecule has 0 fully saturated rings. The fourth-order valence-electron chi connectivity index (χ4n) is 2.05. The first-order valence-corrected chi connectivity index (χ1v) is 5.02. The maximum absolute atomic E-state index is 13.7. The number of halogens is 1. The minimum Gasteiger partial charge on any atom is -0.478 e. The van der Waals surface area contributed by atoms with Gasteiger partial charge in [-0.15, -0.1) is 0 Å². The Morgan fingerprint density at radius 3 is 2.87 bits per heavy atom. The zero-order chi connectivity index (χ0) is 11.1. The summed E-state index contributed by atoms with van der Waals surface area (Å²) < 4.78 is 13.7. The third kappa shape index (κ3) is 2.01. The number of alkyl halides is 1. The van der Waals surface area contributed by atoms with Crippen LogP contribution in [0.4, 0.5) is 4.39 Å². The van der Waals surface area contributed by atoms with Gasteiger partial charge in [-0.25, -0.2) is 9.18 Å². The van der Waals surface area contributed by atoms with E-state index in [0.29, 0.717) is 19.3 Å². The summed E-state index contributed by atoms with van der Waals surface area (Å²) in [5.41, 5.74) is 0.970. The molecule has 1 N–H and O–H groups in total. The van der Waals surface area contributed by atoms with Gasteiger partial charge < -0.3 is 5.11 Å². The van der Waals surface area contributed by atoms with E-state index in [1.807, 2.05) is 0 Å². The Hall–Kier alpha value is -1.38. The Balaban J connectivity index is 2.39. The van der Waals surface area contributed by atoms with Crippen molar-refractivity contribution in [2.45, 2.75) is 31.9 Å². The number of aromatic carboxylic acids is 1. The van der Waals surface area contributed by atoms with Gasteiger partial charge >= 0.3 is 5.97 Å². The minimum atomic E-state index is -1.19. The zero-order valence-electron chi connectivity index (χ0n) is 8.59. The molecule has 1 aromatic carbocycles. The van der Waals surface area contributed by atoms with Crippen molar-refractivity contribution in [2.24, 2.45) is 0 Å². The second-order valence-corrected chi connectivity index (χ2v) is 4.38. The highest BCUT2D eigenvalue weighted by Gasteiger charge is 2.29. The number of hydrogen-bond donors (Lipinski definition) is 1. The average Bonchev–Trinajstić information content (AvgIpc) is 2.15. The quantitative estimate of drug-likeness (QED) is 0.770. The number of benzene rings is 1. The Morgan fingerprint density at radius 2 is 2.20 bits per heavy atom. The number of hydrogen-bond acceptors (Lipinski definition) is 1. The summed E-state index contributed by atoms with van der Waals surface area (Å²) in [7, 11) is 0. The van der Waals surface area contributed by atoms with E-state index in [-0.39, 0.29) is 5.56 Å². The smallest absolute Gasteiger partial charge is 0.335 e. The molecule has 0 spiro atoms. The van der Waals surface area contributed by atoms with Crippen molar-refractivity contribution >= 4 is 5.97 Å². The van der Waals surface area contributed by atoms with Crippen molar-refractivity contribution in [3.05, 3.63) is 34.9 Å². The van der Waals surface area contributed by atoms with E-state index < -0.39 is 11.6 Å². The molecule has 0 bridgehead atoms. The fourth-order valence-corrected chi connectivity index (χ4v) is 2.05. The molecular weight excluding hydrogens is 195 g/mol. The van der Waals surface area contributed by atoms with Crippen molar-refractivity contribution in [3.8, 4) is 0 Å². The molecule has 0 saturated heterocycles. The van der Waals surface area contributed by atoms with E-state index in [1.54, 1.807) is 25.1 Å². The van der Waals surface area contributed by atoms with Crippen LogP contribution in [0.3, 0.4) is 0 Å². The zero-order valence-corrected chi connectivity index (χ0v) is 8.59. The maximum atomic E-state index is 13.7. The summed E-state index contributed by atoms with van der Waals surface area (Å²) in [4.78, 5) is 10.8. The van der Waals surface area contributed by atoms with E-state index >= 15 is 0 Å². The molecule has 2 nitrogen and oxygen atoms in total. The Labute approximate surface area is 87.7 Å². The Morgan fingerprint density at radius 1 is 1.47 bits per heavy atom. The molecule has 1 unspecified atom stereocenters. The van der Waals surface area contributed by atoms with Crippen molar-refractivity contribution in [2.75, 3.05) is 0 Å². The highest BCUT2D eigenvalue weighted by atomic mass is 19.1. The standard InChI is InChI=1S/C12H13FO2/c1-12(13)5-4-8-2-3-9(11(14)15)6-10(8)7-12/h2-3,6H,4-5,7H2,1H3,(H,14,15). The van der Waals surface area contributed by atoms with Crippen LogP contribution in [0, 0.1) is 0 Å². The molecule has 1 aliphatic carbocycles. The fraction of sp³-hybridized carbons (Fsp3) is 0.417. The first-order chi connectivity index (χ1) is 6.98. The maximum Gasteiger partial charge on any atom is 0.335 e. The van der Waals surface area contributed by atoms with E-state index in [4.69, 9.17) is 5.11 Å². The summed E-state index contributed by atoms with van der Waals surface area (Å²) in [6, 6.07) is 4.98. The van der Waals surface area contributed by atoms with Crippen molar-refractivity contribution in [1.82, 2.24) is 0 Å². The van der Waals surface area contributed by atoms with Gasteiger partial charge in [0.05, 0.1) is 5.56 Å². The SMILES string of the molecule is CC1(F)CCc2ccc(C(=O)O)cc2C1. The molecule has 1 aromatic rings. The highest BCUT2D eigenvalue weighted by Crippen LogP contribution is 2.31. The monoisotopic (exact) mass is 208 g/mol. The number of aryl methyl sites for hydroxylation is 1. The minimum absolute atomic E-state index is 0.242. The van der Waals surface area contributed by atoms with Gasteiger partial charge in [-0.1, -0.05) is 6.07 Å². The van der Waals surface area contributed by atoms with E-state index in [0.717, 1.165) is 11.1 Å². The lowest BCUT2D eigenvalue weighted by atomic mass is 9.82. The third-order valence-electron chi connectivity index (χ3n) is 2.93. The largest absolute Gasteiger partial charge is 0.478 e. The first kappa shape index (κ1) is 10.1. The summed E-state index contributed by atoms with van der Waals surface area (Å²) in [6.45, 7) is 1.57. The highest BCUT2D eigenvalue weighted by molar-refractivity contribution is 5.87. The topological polar surface area (TPSA) is 37.3 Å². The number of fused-ring (bicyclic) bond motifs is 1. The molecule has 2 rings (SSSR count). The number of carboxylic acids is 1. The van der Waals surface area contributed by atoms with Gasteiger partial charge in [0.15, 0.2) is 0 Å². The van der Waals surface area contributed by atoms with Crippen LogP contribution in [0.25, 0.3) is 0 Å². The lowest BCUT2D eigenvalue weighted by Crippen LogP contribution is -2.27. The van der Waals surface area contributed by atoms with Crippen LogP contribution in [-0.4, -0.2) is 16.7 Å².